The third-order valence-corrected chi connectivity index (χ3v) is 1.97. The lowest BCUT2D eigenvalue weighted by molar-refractivity contribution is 0.392. The zero-order valence-corrected chi connectivity index (χ0v) is 9.42. The highest BCUT2D eigenvalue weighted by Gasteiger charge is 2.04. The van der Waals surface area contributed by atoms with Crippen molar-refractivity contribution in [2.45, 2.75) is 13.0 Å². The molecule has 1 rings (SSSR count). The molecule has 0 saturated heterocycles. The Bertz CT molecular complexity index is 305. The lowest BCUT2D eigenvalue weighted by atomic mass is 10.2. The van der Waals surface area contributed by atoms with Crippen LogP contribution in [0.25, 0.3) is 0 Å². The SMILES string of the molecule is CC(CN(C)C)Nc1cc(N)cc(F)c1. The highest BCUT2D eigenvalue weighted by molar-refractivity contribution is 5.55. The maximum absolute atomic E-state index is 13.0. The molecule has 3 nitrogen and oxygen atoms in total. The zero-order chi connectivity index (χ0) is 11.4. The number of nitrogen functional groups attached to an aromatic ring is 1. The maximum atomic E-state index is 13.0. The van der Waals surface area contributed by atoms with Gasteiger partial charge in [-0.3, -0.25) is 0 Å². The second-order valence-corrected chi connectivity index (χ2v) is 4.08. The first kappa shape index (κ1) is 11.8. The lowest BCUT2D eigenvalue weighted by Gasteiger charge is -2.19. The van der Waals surface area contributed by atoms with Crippen molar-refractivity contribution >= 4 is 11.4 Å². The number of hydrogen-bond donors (Lipinski definition) is 2. The number of nitrogens with two attached hydrogens (primary N) is 1. The molecule has 1 aromatic rings. The van der Waals surface area contributed by atoms with Gasteiger partial charge in [-0.25, -0.2) is 4.39 Å². The molecular weight excluding hydrogens is 193 g/mol. The quantitative estimate of drug-likeness (QED) is 0.746. The summed E-state index contributed by atoms with van der Waals surface area (Å²) in [6.45, 7) is 2.93. The van der Waals surface area contributed by atoms with Gasteiger partial charge in [-0.1, -0.05) is 0 Å². The summed E-state index contributed by atoms with van der Waals surface area (Å²) in [4.78, 5) is 2.07. The van der Waals surface area contributed by atoms with E-state index in [4.69, 9.17) is 5.73 Å². The Morgan fingerprint density at radius 2 is 2.07 bits per heavy atom. The van der Waals surface area contributed by atoms with Gasteiger partial charge in [-0.05, 0) is 39.2 Å². The minimum Gasteiger partial charge on any atom is -0.399 e. The number of benzene rings is 1. The van der Waals surface area contributed by atoms with Gasteiger partial charge in [0.15, 0.2) is 0 Å². The van der Waals surface area contributed by atoms with E-state index in [1.54, 1.807) is 6.07 Å². The van der Waals surface area contributed by atoms with Crippen LogP contribution in [0, 0.1) is 5.82 Å². The van der Waals surface area contributed by atoms with Gasteiger partial charge in [0.2, 0.25) is 0 Å². The van der Waals surface area contributed by atoms with Crippen LogP contribution in [0.15, 0.2) is 18.2 Å². The molecule has 0 aliphatic rings. The molecule has 0 radical (unpaired) electrons. The van der Waals surface area contributed by atoms with E-state index < -0.39 is 0 Å². The van der Waals surface area contributed by atoms with Crippen molar-refractivity contribution in [1.29, 1.82) is 0 Å². The topological polar surface area (TPSA) is 41.3 Å². The molecule has 0 spiro atoms. The molecular formula is C11H18FN3. The number of halogens is 1. The van der Waals surface area contributed by atoms with E-state index in [0.717, 1.165) is 12.2 Å². The summed E-state index contributed by atoms with van der Waals surface area (Å²) < 4.78 is 13.0. The van der Waals surface area contributed by atoms with E-state index in [2.05, 4.69) is 10.2 Å². The first-order valence-corrected chi connectivity index (χ1v) is 4.94. The standard InChI is InChI=1S/C11H18FN3/c1-8(7-15(2)3)14-11-5-9(12)4-10(13)6-11/h4-6,8,14H,7,13H2,1-3H3. The fourth-order valence-electron chi connectivity index (χ4n) is 1.57. The highest BCUT2D eigenvalue weighted by Crippen LogP contribution is 2.16. The van der Waals surface area contributed by atoms with Gasteiger partial charge in [0, 0.05) is 24.0 Å². The third kappa shape index (κ3) is 4.16. The predicted octanol–water partition coefficient (Wildman–Crippen LogP) is 1.77. The monoisotopic (exact) mass is 211 g/mol. The van der Waals surface area contributed by atoms with Crippen molar-refractivity contribution in [2.75, 3.05) is 31.7 Å². The number of nitrogens with one attached hydrogen (secondary N) is 1. The molecule has 1 unspecified atom stereocenters. The van der Waals surface area contributed by atoms with Gasteiger partial charge >= 0.3 is 0 Å². The Hall–Kier alpha value is -1.29. The smallest absolute Gasteiger partial charge is 0.127 e. The molecule has 1 aromatic carbocycles. The summed E-state index contributed by atoms with van der Waals surface area (Å²) in [6, 6.07) is 4.74. The van der Waals surface area contributed by atoms with Gasteiger partial charge in [0.1, 0.15) is 5.82 Å². The van der Waals surface area contributed by atoms with E-state index >= 15 is 0 Å². The Labute approximate surface area is 90.1 Å². The van der Waals surface area contributed by atoms with Crippen LogP contribution in [-0.4, -0.2) is 31.6 Å². The highest BCUT2D eigenvalue weighted by atomic mass is 19.1. The van der Waals surface area contributed by atoms with E-state index in [0.29, 0.717) is 5.69 Å². The zero-order valence-electron chi connectivity index (χ0n) is 9.42. The molecule has 0 bridgehead atoms. The van der Waals surface area contributed by atoms with E-state index in [-0.39, 0.29) is 11.9 Å². The van der Waals surface area contributed by atoms with E-state index in [1.165, 1.54) is 12.1 Å². The van der Waals surface area contributed by atoms with E-state index in [9.17, 15) is 4.39 Å². The molecule has 0 saturated carbocycles. The van der Waals surface area contributed by atoms with Crippen LogP contribution in [0.1, 0.15) is 6.92 Å². The third-order valence-electron chi connectivity index (χ3n) is 1.97. The molecule has 84 valence electrons. The van der Waals surface area contributed by atoms with Crippen LogP contribution in [0.4, 0.5) is 15.8 Å². The molecule has 4 heteroatoms. The van der Waals surface area contributed by atoms with Gasteiger partial charge in [-0.2, -0.15) is 0 Å². The Morgan fingerprint density at radius 1 is 1.40 bits per heavy atom. The van der Waals surface area contributed by atoms with Crippen LogP contribution >= 0.6 is 0 Å². The summed E-state index contributed by atoms with van der Waals surface area (Å²) in [5, 5.41) is 3.19. The van der Waals surface area contributed by atoms with Crippen molar-refractivity contribution in [1.82, 2.24) is 4.90 Å². The van der Waals surface area contributed by atoms with Gasteiger partial charge < -0.3 is 16.0 Å². The summed E-state index contributed by atoms with van der Waals surface area (Å²) in [5.41, 5.74) is 6.71. The Kier molecular flexibility index (Phi) is 3.91. The van der Waals surface area contributed by atoms with Crippen LogP contribution < -0.4 is 11.1 Å². The Balaban J connectivity index is 2.63. The minimum absolute atomic E-state index is 0.251. The van der Waals surface area contributed by atoms with Crippen molar-refractivity contribution in [2.24, 2.45) is 0 Å². The first-order chi connectivity index (χ1) is 6.97. The second kappa shape index (κ2) is 4.98. The molecule has 15 heavy (non-hydrogen) atoms. The average molecular weight is 211 g/mol. The largest absolute Gasteiger partial charge is 0.399 e. The Morgan fingerprint density at radius 3 is 2.60 bits per heavy atom. The minimum atomic E-state index is -0.311. The normalized spacial score (nSPS) is 12.9. The van der Waals surface area contributed by atoms with E-state index in [1.807, 2.05) is 21.0 Å². The molecule has 0 aliphatic carbocycles. The predicted molar refractivity (Wildman–Crippen MR) is 62.5 cm³/mol. The van der Waals surface area contributed by atoms with Gasteiger partial charge in [-0.15, -0.1) is 0 Å². The van der Waals surface area contributed by atoms with Crippen molar-refractivity contribution in [3.63, 3.8) is 0 Å². The number of nitrogens with zero attached hydrogens (tertiary/aromatic N) is 1. The molecule has 0 aliphatic heterocycles. The fraction of sp³-hybridized carbons (Fsp3) is 0.455. The maximum Gasteiger partial charge on any atom is 0.127 e. The summed E-state index contributed by atoms with van der Waals surface area (Å²) >= 11 is 0. The van der Waals surface area contributed by atoms with Crippen LogP contribution in [0.3, 0.4) is 0 Å². The molecule has 3 N–H and O–H groups in total. The van der Waals surface area contributed by atoms with Crippen molar-refractivity contribution in [3.8, 4) is 0 Å². The van der Waals surface area contributed by atoms with Crippen molar-refractivity contribution in [3.05, 3.63) is 24.0 Å². The summed E-state index contributed by atoms with van der Waals surface area (Å²) in [6.07, 6.45) is 0. The van der Waals surface area contributed by atoms with Crippen LogP contribution in [0.2, 0.25) is 0 Å². The molecule has 0 fully saturated rings. The van der Waals surface area contributed by atoms with Crippen molar-refractivity contribution < 1.29 is 4.39 Å². The second-order valence-electron chi connectivity index (χ2n) is 4.08. The molecule has 0 heterocycles. The molecule has 1 atom stereocenters. The fourth-order valence-corrected chi connectivity index (χ4v) is 1.57. The number of likely N-dealkylation sites (N-methyl/N-ethyl adjacent to an activating group) is 1. The van der Waals surface area contributed by atoms with Gasteiger partial charge in [0.05, 0.1) is 0 Å². The number of rotatable bonds is 4. The van der Waals surface area contributed by atoms with Crippen LogP contribution in [0.5, 0.6) is 0 Å². The van der Waals surface area contributed by atoms with Crippen LogP contribution in [-0.2, 0) is 0 Å². The number of anilines is 2. The molecule has 0 aromatic heterocycles. The number of hydrogen-bond acceptors (Lipinski definition) is 3. The van der Waals surface area contributed by atoms with Gasteiger partial charge in [0.25, 0.3) is 0 Å². The first-order valence-electron chi connectivity index (χ1n) is 4.94. The summed E-state index contributed by atoms with van der Waals surface area (Å²) in [5.74, 6) is -0.311. The molecule has 0 amide bonds. The lowest BCUT2D eigenvalue weighted by Crippen LogP contribution is -2.29. The summed E-state index contributed by atoms with van der Waals surface area (Å²) in [7, 11) is 4.00. The average Bonchev–Trinajstić information content (AvgIpc) is 1.98.